The second-order valence-electron chi connectivity index (χ2n) is 3.66. The minimum Gasteiger partial charge on any atom is -0.357 e. The van der Waals surface area contributed by atoms with Crippen LogP contribution >= 0.6 is 0 Å². The van der Waals surface area contributed by atoms with Crippen molar-refractivity contribution in [2.45, 2.75) is 20.0 Å². The van der Waals surface area contributed by atoms with E-state index in [4.69, 9.17) is 5.73 Å². The number of nitrogens with one attached hydrogen (secondary N) is 2. The SMILES string of the molecule is CCNCc1cc2c(CN)cccc2[nH]1. The maximum absolute atomic E-state index is 5.70. The summed E-state index contributed by atoms with van der Waals surface area (Å²) in [7, 11) is 0. The number of rotatable bonds is 4. The smallest absolute Gasteiger partial charge is 0.0459 e. The molecule has 0 saturated carbocycles. The molecule has 1 aromatic heterocycles. The molecule has 0 radical (unpaired) electrons. The lowest BCUT2D eigenvalue weighted by molar-refractivity contribution is 0.715. The Labute approximate surface area is 89.7 Å². The van der Waals surface area contributed by atoms with E-state index in [1.165, 1.54) is 22.2 Å². The van der Waals surface area contributed by atoms with Gasteiger partial charge in [-0.15, -0.1) is 0 Å². The number of hydrogen-bond donors (Lipinski definition) is 3. The highest BCUT2D eigenvalue weighted by Crippen LogP contribution is 2.19. The summed E-state index contributed by atoms with van der Waals surface area (Å²) in [5.74, 6) is 0. The highest BCUT2D eigenvalue weighted by molar-refractivity contribution is 5.83. The lowest BCUT2D eigenvalue weighted by Gasteiger charge is -1.96. The summed E-state index contributed by atoms with van der Waals surface area (Å²) in [6.45, 7) is 4.57. The van der Waals surface area contributed by atoms with Crippen molar-refractivity contribution in [2.24, 2.45) is 5.73 Å². The zero-order valence-corrected chi connectivity index (χ0v) is 9.01. The molecule has 0 spiro atoms. The summed E-state index contributed by atoms with van der Waals surface area (Å²) in [5, 5.41) is 4.54. The maximum Gasteiger partial charge on any atom is 0.0459 e. The van der Waals surface area contributed by atoms with Crippen LogP contribution in [0, 0.1) is 0 Å². The van der Waals surface area contributed by atoms with Gasteiger partial charge in [0.1, 0.15) is 0 Å². The molecule has 3 nitrogen and oxygen atoms in total. The maximum atomic E-state index is 5.70. The summed E-state index contributed by atoms with van der Waals surface area (Å²) in [4.78, 5) is 3.39. The Kier molecular flexibility index (Phi) is 3.04. The van der Waals surface area contributed by atoms with Crippen LogP contribution in [0.15, 0.2) is 24.3 Å². The normalized spacial score (nSPS) is 11.1. The summed E-state index contributed by atoms with van der Waals surface area (Å²) >= 11 is 0. The molecular formula is C12H17N3. The number of aromatic nitrogens is 1. The monoisotopic (exact) mass is 203 g/mol. The van der Waals surface area contributed by atoms with Gasteiger partial charge in [-0.05, 0) is 24.2 Å². The largest absolute Gasteiger partial charge is 0.357 e. The number of benzene rings is 1. The van der Waals surface area contributed by atoms with Crippen molar-refractivity contribution in [1.29, 1.82) is 0 Å². The van der Waals surface area contributed by atoms with E-state index in [9.17, 15) is 0 Å². The Morgan fingerprint density at radius 3 is 3.00 bits per heavy atom. The van der Waals surface area contributed by atoms with Crippen LogP contribution in [0.3, 0.4) is 0 Å². The zero-order valence-electron chi connectivity index (χ0n) is 9.01. The standard InChI is InChI=1S/C12H17N3/c1-2-14-8-10-6-11-9(7-13)4-3-5-12(11)15-10/h3-6,14-15H,2,7-8,13H2,1H3. The average Bonchev–Trinajstić information content (AvgIpc) is 2.68. The Morgan fingerprint density at radius 2 is 2.27 bits per heavy atom. The van der Waals surface area contributed by atoms with Crippen molar-refractivity contribution >= 4 is 10.9 Å². The molecule has 15 heavy (non-hydrogen) atoms. The summed E-state index contributed by atoms with van der Waals surface area (Å²) in [5.41, 5.74) is 9.28. The van der Waals surface area contributed by atoms with E-state index in [1.807, 2.05) is 6.07 Å². The molecule has 2 rings (SSSR count). The highest BCUT2D eigenvalue weighted by Gasteiger charge is 2.03. The fourth-order valence-corrected chi connectivity index (χ4v) is 1.81. The molecule has 0 atom stereocenters. The van der Waals surface area contributed by atoms with Gasteiger partial charge in [0.05, 0.1) is 0 Å². The predicted octanol–water partition coefficient (Wildman–Crippen LogP) is 1.74. The van der Waals surface area contributed by atoms with Crippen LogP contribution in [0.5, 0.6) is 0 Å². The third kappa shape index (κ3) is 2.03. The van der Waals surface area contributed by atoms with Crippen molar-refractivity contribution in [3.05, 3.63) is 35.5 Å². The molecule has 0 amide bonds. The van der Waals surface area contributed by atoms with Crippen LogP contribution in [0.1, 0.15) is 18.2 Å². The van der Waals surface area contributed by atoms with Gasteiger partial charge in [0.25, 0.3) is 0 Å². The Balaban J connectivity index is 2.37. The summed E-state index contributed by atoms with van der Waals surface area (Å²) in [6, 6.07) is 8.38. The van der Waals surface area contributed by atoms with Crippen molar-refractivity contribution < 1.29 is 0 Å². The first-order valence-corrected chi connectivity index (χ1v) is 5.35. The van der Waals surface area contributed by atoms with Crippen LogP contribution in [0.2, 0.25) is 0 Å². The minimum atomic E-state index is 0.593. The van der Waals surface area contributed by atoms with Gasteiger partial charge in [0.15, 0.2) is 0 Å². The number of fused-ring (bicyclic) bond motifs is 1. The van der Waals surface area contributed by atoms with E-state index in [2.05, 4.69) is 35.4 Å². The fraction of sp³-hybridized carbons (Fsp3) is 0.333. The Morgan fingerprint density at radius 1 is 1.40 bits per heavy atom. The minimum absolute atomic E-state index is 0.593. The Hall–Kier alpha value is -1.32. The third-order valence-electron chi connectivity index (χ3n) is 2.60. The molecule has 0 aliphatic heterocycles. The van der Waals surface area contributed by atoms with Gasteiger partial charge in [-0.2, -0.15) is 0 Å². The van der Waals surface area contributed by atoms with E-state index in [-0.39, 0.29) is 0 Å². The first kappa shape index (κ1) is 10.2. The number of nitrogens with two attached hydrogens (primary N) is 1. The Bertz CT molecular complexity index is 445. The van der Waals surface area contributed by atoms with Crippen LogP contribution in [-0.2, 0) is 13.1 Å². The van der Waals surface area contributed by atoms with Crippen molar-refractivity contribution in [1.82, 2.24) is 10.3 Å². The summed E-state index contributed by atoms with van der Waals surface area (Å²) in [6.07, 6.45) is 0. The van der Waals surface area contributed by atoms with Crippen molar-refractivity contribution in [3.8, 4) is 0 Å². The van der Waals surface area contributed by atoms with Gasteiger partial charge >= 0.3 is 0 Å². The quantitative estimate of drug-likeness (QED) is 0.709. The summed E-state index contributed by atoms with van der Waals surface area (Å²) < 4.78 is 0. The second-order valence-corrected chi connectivity index (χ2v) is 3.66. The molecule has 0 fully saturated rings. The van der Waals surface area contributed by atoms with Crippen LogP contribution in [0.4, 0.5) is 0 Å². The van der Waals surface area contributed by atoms with E-state index >= 15 is 0 Å². The van der Waals surface area contributed by atoms with E-state index in [0.29, 0.717) is 6.54 Å². The van der Waals surface area contributed by atoms with Gasteiger partial charge in [-0.1, -0.05) is 19.1 Å². The van der Waals surface area contributed by atoms with E-state index in [0.717, 1.165) is 13.1 Å². The van der Waals surface area contributed by atoms with Gasteiger partial charge < -0.3 is 16.0 Å². The van der Waals surface area contributed by atoms with Crippen LogP contribution < -0.4 is 11.1 Å². The molecule has 0 aliphatic rings. The van der Waals surface area contributed by atoms with E-state index < -0.39 is 0 Å². The first-order valence-electron chi connectivity index (χ1n) is 5.35. The van der Waals surface area contributed by atoms with Gasteiger partial charge in [0.2, 0.25) is 0 Å². The topological polar surface area (TPSA) is 53.8 Å². The molecule has 3 heteroatoms. The van der Waals surface area contributed by atoms with Gasteiger partial charge in [-0.3, -0.25) is 0 Å². The lowest BCUT2D eigenvalue weighted by Crippen LogP contribution is -2.11. The lowest BCUT2D eigenvalue weighted by atomic mass is 10.1. The highest BCUT2D eigenvalue weighted by atomic mass is 14.9. The van der Waals surface area contributed by atoms with Crippen molar-refractivity contribution in [3.63, 3.8) is 0 Å². The molecule has 1 heterocycles. The molecule has 2 aromatic rings. The second kappa shape index (κ2) is 4.47. The number of aromatic amines is 1. The molecule has 0 aliphatic carbocycles. The first-order chi connectivity index (χ1) is 7.35. The molecule has 80 valence electrons. The number of hydrogen-bond acceptors (Lipinski definition) is 2. The van der Waals surface area contributed by atoms with Gasteiger partial charge in [-0.25, -0.2) is 0 Å². The van der Waals surface area contributed by atoms with E-state index in [1.54, 1.807) is 0 Å². The molecule has 0 unspecified atom stereocenters. The fourth-order valence-electron chi connectivity index (χ4n) is 1.81. The molecule has 0 saturated heterocycles. The molecule has 0 bridgehead atoms. The third-order valence-corrected chi connectivity index (χ3v) is 2.60. The molecule has 4 N–H and O–H groups in total. The van der Waals surface area contributed by atoms with Gasteiger partial charge in [0, 0.05) is 29.7 Å². The predicted molar refractivity (Wildman–Crippen MR) is 63.6 cm³/mol. The molecule has 1 aromatic carbocycles. The van der Waals surface area contributed by atoms with Crippen LogP contribution in [-0.4, -0.2) is 11.5 Å². The van der Waals surface area contributed by atoms with Crippen LogP contribution in [0.25, 0.3) is 10.9 Å². The zero-order chi connectivity index (χ0) is 10.7. The van der Waals surface area contributed by atoms with Crippen molar-refractivity contribution in [2.75, 3.05) is 6.54 Å². The number of H-pyrrole nitrogens is 1. The average molecular weight is 203 g/mol. The molecular weight excluding hydrogens is 186 g/mol.